The third-order valence-corrected chi connectivity index (χ3v) is 6.44. The molecule has 1 unspecified atom stereocenters. The molecule has 1 N–H and O–H groups in total. The van der Waals surface area contributed by atoms with Crippen molar-refractivity contribution in [2.24, 2.45) is 0 Å². The predicted molar refractivity (Wildman–Crippen MR) is 125 cm³/mol. The number of benzene rings is 1. The normalized spacial score (nSPS) is 12.4. The highest BCUT2D eigenvalue weighted by Gasteiger charge is 2.20. The molecule has 0 saturated carbocycles. The van der Waals surface area contributed by atoms with Crippen molar-refractivity contribution in [1.82, 2.24) is 18.9 Å². The van der Waals surface area contributed by atoms with Gasteiger partial charge in [0.25, 0.3) is 5.56 Å². The topological polar surface area (TPSA) is 90.9 Å². The summed E-state index contributed by atoms with van der Waals surface area (Å²) in [6.07, 6.45) is 4.27. The second-order valence-electron chi connectivity index (χ2n) is 7.17. The smallest absolute Gasteiger partial charge is 0.262 e. The van der Waals surface area contributed by atoms with Gasteiger partial charge in [-0.2, -0.15) is 0 Å². The summed E-state index contributed by atoms with van der Waals surface area (Å²) in [4.78, 5) is 22.8. The van der Waals surface area contributed by atoms with E-state index in [0.29, 0.717) is 44.8 Å². The van der Waals surface area contributed by atoms with E-state index in [1.807, 2.05) is 23.6 Å². The molecule has 0 aliphatic heterocycles. The first-order valence-electron chi connectivity index (χ1n) is 10.0. The molecule has 4 aromatic rings. The van der Waals surface area contributed by atoms with Gasteiger partial charge in [-0.05, 0) is 24.6 Å². The van der Waals surface area contributed by atoms with Gasteiger partial charge in [-0.25, -0.2) is 9.97 Å². The molecule has 1 aromatic carbocycles. The van der Waals surface area contributed by atoms with Gasteiger partial charge in [-0.15, -0.1) is 0 Å². The number of aliphatic hydroxyl groups is 1. The molecule has 1 atom stereocenters. The molecule has 0 spiro atoms. The summed E-state index contributed by atoms with van der Waals surface area (Å²) in [5, 5.41) is 11.5. The summed E-state index contributed by atoms with van der Waals surface area (Å²) in [6, 6.07) is 6.56. The van der Waals surface area contributed by atoms with E-state index in [-0.39, 0.29) is 12.2 Å². The second kappa shape index (κ2) is 9.40. The van der Waals surface area contributed by atoms with Crippen molar-refractivity contribution in [3.05, 3.63) is 57.7 Å². The number of hydrogen-bond donors (Lipinski definition) is 1. The van der Waals surface area contributed by atoms with E-state index in [0.717, 1.165) is 11.3 Å². The Morgan fingerprint density at radius 1 is 1.16 bits per heavy atom. The molecule has 3 aromatic heterocycles. The Morgan fingerprint density at radius 3 is 2.59 bits per heavy atom. The monoisotopic (exact) mass is 474 g/mol. The Balaban J connectivity index is 1.79. The van der Waals surface area contributed by atoms with Gasteiger partial charge in [-0.1, -0.05) is 30.3 Å². The standard InChI is InChI=1S/C22H23ClN4O4S/c1-4-15(11-28)27-21(29)16-7-18(30-2)19(31-3)8-17(16)25-22(27)32-12-14-10-26-9-13(23)5-6-20(26)24-14/h5-10,15,28H,4,11-12H2,1-3H3. The number of halogens is 1. The maximum atomic E-state index is 13.4. The lowest BCUT2D eigenvalue weighted by Crippen LogP contribution is -2.29. The zero-order valence-electron chi connectivity index (χ0n) is 17.9. The Hall–Kier alpha value is -2.75. The number of pyridine rings is 1. The molecule has 0 aliphatic carbocycles. The van der Waals surface area contributed by atoms with Crippen molar-refractivity contribution < 1.29 is 14.6 Å². The number of aromatic nitrogens is 4. The number of ether oxygens (including phenoxy) is 2. The molecule has 32 heavy (non-hydrogen) atoms. The van der Waals surface area contributed by atoms with Crippen molar-refractivity contribution in [2.45, 2.75) is 30.3 Å². The summed E-state index contributed by atoms with van der Waals surface area (Å²) < 4.78 is 14.1. The van der Waals surface area contributed by atoms with Crippen LogP contribution < -0.4 is 15.0 Å². The van der Waals surface area contributed by atoms with Crippen molar-refractivity contribution in [3.8, 4) is 11.5 Å². The number of aliphatic hydroxyl groups excluding tert-OH is 1. The van der Waals surface area contributed by atoms with Crippen LogP contribution in [0.5, 0.6) is 11.5 Å². The van der Waals surface area contributed by atoms with E-state index >= 15 is 0 Å². The molecule has 0 radical (unpaired) electrons. The second-order valence-corrected chi connectivity index (χ2v) is 8.55. The van der Waals surface area contributed by atoms with Gasteiger partial charge in [0.15, 0.2) is 16.7 Å². The van der Waals surface area contributed by atoms with Crippen LogP contribution in [0.2, 0.25) is 5.02 Å². The minimum Gasteiger partial charge on any atom is -0.493 e. The summed E-state index contributed by atoms with van der Waals surface area (Å²) in [7, 11) is 3.06. The van der Waals surface area contributed by atoms with Crippen LogP contribution in [0.1, 0.15) is 25.1 Å². The van der Waals surface area contributed by atoms with E-state index in [1.54, 1.807) is 29.0 Å². The molecule has 0 aliphatic rings. The molecule has 0 bridgehead atoms. The molecule has 0 fully saturated rings. The summed E-state index contributed by atoms with van der Waals surface area (Å²) in [6.45, 7) is 1.75. The fourth-order valence-corrected chi connectivity index (χ4v) is 4.67. The van der Waals surface area contributed by atoms with Crippen LogP contribution in [0.15, 0.2) is 46.6 Å². The van der Waals surface area contributed by atoms with Gasteiger partial charge in [0.05, 0.1) is 48.5 Å². The first-order chi connectivity index (χ1) is 15.5. The van der Waals surface area contributed by atoms with E-state index in [4.69, 9.17) is 26.1 Å². The third kappa shape index (κ3) is 4.15. The highest BCUT2D eigenvalue weighted by Crippen LogP contribution is 2.32. The third-order valence-electron chi connectivity index (χ3n) is 5.23. The molecule has 4 rings (SSSR count). The van der Waals surface area contributed by atoms with Crippen LogP contribution in [0.3, 0.4) is 0 Å². The first-order valence-corrected chi connectivity index (χ1v) is 11.4. The summed E-state index contributed by atoms with van der Waals surface area (Å²) in [5.41, 5.74) is 1.87. The van der Waals surface area contributed by atoms with E-state index < -0.39 is 6.04 Å². The Labute approximate surface area is 193 Å². The number of fused-ring (bicyclic) bond motifs is 2. The minimum absolute atomic E-state index is 0.169. The lowest BCUT2D eigenvalue weighted by atomic mass is 10.2. The van der Waals surface area contributed by atoms with Crippen molar-refractivity contribution in [2.75, 3.05) is 20.8 Å². The van der Waals surface area contributed by atoms with Gasteiger partial charge in [0.1, 0.15) is 5.65 Å². The molecule has 0 saturated heterocycles. The van der Waals surface area contributed by atoms with Crippen LogP contribution in [0.4, 0.5) is 0 Å². The lowest BCUT2D eigenvalue weighted by molar-refractivity contribution is 0.213. The molecule has 8 nitrogen and oxygen atoms in total. The maximum Gasteiger partial charge on any atom is 0.262 e. The number of imidazole rings is 1. The Kier molecular flexibility index (Phi) is 6.59. The Bertz CT molecular complexity index is 1330. The molecule has 168 valence electrons. The Morgan fingerprint density at radius 2 is 1.91 bits per heavy atom. The summed E-state index contributed by atoms with van der Waals surface area (Å²) in [5.74, 6) is 1.44. The minimum atomic E-state index is -0.394. The van der Waals surface area contributed by atoms with E-state index in [1.165, 1.54) is 26.0 Å². The lowest BCUT2D eigenvalue weighted by Gasteiger charge is -2.20. The highest BCUT2D eigenvalue weighted by atomic mass is 35.5. The predicted octanol–water partition coefficient (Wildman–Crippen LogP) is 3.95. The SMILES string of the molecule is CCC(CO)n1c(SCc2cn3cc(Cl)ccc3n2)nc2cc(OC)c(OC)cc2c1=O. The fourth-order valence-electron chi connectivity index (χ4n) is 3.55. The number of hydrogen-bond acceptors (Lipinski definition) is 7. The molecular formula is C22H23ClN4O4S. The van der Waals surface area contributed by atoms with Crippen LogP contribution in [-0.2, 0) is 5.75 Å². The van der Waals surface area contributed by atoms with Crippen molar-refractivity contribution in [3.63, 3.8) is 0 Å². The number of nitrogens with zero attached hydrogens (tertiary/aromatic N) is 4. The first kappa shape index (κ1) is 22.4. The molecule has 10 heteroatoms. The average molecular weight is 475 g/mol. The number of rotatable bonds is 8. The summed E-state index contributed by atoms with van der Waals surface area (Å²) >= 11 is 7.45. The highest BCUT2D eigenvalue weighted by molar-refractivity contribution is 7.98. The van der Waals surface area contributed by atoms with Crippen LogP contribution in [0, 0.1) is 0 Å². The van der Waals surface area contributed by atoms with Gasteiger partial charge >= 0.3 is 0 Å². The van der Waals surface area contributed by atoms with Gasteiger partial charge in [-0.3, -0.25) is 9.36 Å². The number of thioether (sulfide) groups is 1. The molecule has 0 amide bonds. The zero-order chi connectivity index (χ0) is 22.8. The average Bonchev–Trinajstić information content (AvgIpc) is 3.21. The van der Waals surface area contributed by atoms with Gasteiger partial charge < -0.3 is 19.0 Å². The van der Waals surface area contributed by atoms with Gasteiger partial charge in [0.2, 0.25) is 0 Å². The zero-order valence-corrected chi connectivity index (χ0v) is 19.5. The van der Waals surface area contributed by atoms with Crippen molar-refractivity contribution >= 4 is 39.9 Å². The fraction of sp³-hybridized carbons (Fsp3) is 0.318. The van der Waals surface area contributed by atoms with Crippen LogP contribution in [0.25, 0.3) is 16.6 Å². The van der Waals surface area contributed by atoms with Crippen LogP contribution >= 0.6 is 23.4 Å². The van der Waals surface area contributed by atoms with E-state index in [9.17, 15) is 9.90 Å². The van der Waals surface area contributed by atoms with E-state index in [2.05, 4.69) is 4.98 Å². The van der Waals surface area contributed by atoms with Crippen LogP contribution in [-0.4, -0.2) is 44.9 Å². The van der Waals surface area contributed by atoms with Gasteiger partial charge in [0, 0.05) is 24.2 Å². The largest absolute Gasteiger partial charge is 0.493 e. The van der Waals surface area contributed by atoms with Crippen molar-refractivity contribution in [1.29, 1.82) is 0 Å². The quantitative estimate of drug-likeness (QED) is 0.305. The molecule has 3 heterocycles. The molecular weight excluding hydrogens is 452 g/mol. The maximum absolute atomic E-state index is 13.4. The number of methoxy groups -OCH3 is 2.